The summed E-state index contributed by atoms with van der Waals surface area (Å²) in [5, 5.41) is 1.59. The Morgan fingerprint density at radius 3 is 2.87 bits per heavy atom. The molecule has 1 fully saturated rings. The highest BCUT2D eigenvalue weighted by molar-refractivity contribution is 8.00. The molecule has 118 valence electrons. The summed E-state index contributed by atoms with van der Waals surface area (Å²) < 4.78 is 30.9. The predicted molar refractivity (Wildman–Crippen MR) is 88.9 cm³/mol. The van der Waals surface area contributed by atoms with Gasteiger partial charge in [0.1, 0.15) is 11.5 Å². The van der Waals surface area contributed by atoms with Crippen molar-refractivity contribution < 1.29 is 8.78 Å². The lowest BCUT2D eigenvalue weighted by atomic mass is 10.2. The molecule has 23 heavy (non-hydrogen) atoms. The van der Waals surface area contributed by atoms with Gasteiger partial charge in [0.25, 0.3) is 0 Å². The van der Waals surface area contributed by atoms with Crippen LogP contribution in [-0.4, -0.2) is 9.97 Å². The molecule has 0 saturated heterocycles. The number of nitrogens with zero attached hydrogens (tertiary/aromatic N) is 1. The number of fused-ring (bicyclic) bond motifs is 1. The molecule has 0 amide bonds. The summed E-state index contributed by atoms with van der Waals surface area (Å²) in [4.78, 5) is 7.72. The third-order valence-corrected chi connectivity index (χ3v) is 4.91. The Kier molecular flexibility index (Phi) is 3.66. The Balaban J connectivity index is 1.57. The first kappa shape index (κ1) is 14.8. The molecule has 4 rings (SSSR count). The summed E-state index contributed by atoms with van der Waals surface area (Å²) in [6, 6.07) is 6.65. The lowest BCUT2D eigenvalue weighted by molar-refractivity contribution is 0.547. The largest absolute Gasteiger partial charge is 0.360 e. The molecule has 1 saturated carbocycles. The molecule has 7 heteroatoms. The number of nitrogens with one attached hydrogen (secondary N) is 2. The number of rotatable bonds is 4. The van der Waals surface area contributed by atoms with Crippen LogP contribution in [0.1, 0.15) is 24.5 Å². The molecular formula is C16H12ClF2N3S. The summed E-state index contributed by atoms with van der Waals surface area (Å²) in [5.41, 5.74) is 1.16. The smallest absolute Gasteiger partial charge is 0.237 e. The second-order valence-corrected chi connectivity index (χ2v) is 6.80. The molecule has 2 N–H and O–H groups in total. The summed E-state index contributed by atoms with van der Waals surface area (Å²) in [5.74, 6) is -1.06. The molecule has 2 heterocycles. The predicted octanol–water partition coefficient (Wildman–Crippen LogP) is 5.49. The number of hydrogen-bond acceptors (Lipinski definition) is 3. The molecule has 1 aliphatic carbocycles. The highest BCUT2D eigenvalue weighted by Gasteiger charge is 2.29. The molecule has 0 bridgehead atoms. The Hall–Kier alpha value is -1.79. The fraction of sp³-hybridized carbons (Fsp3) is 0.188. The van der Waals surface area contributed by atoms with Crippen LogP contribution in [0.15, 0.2) is 35.4 Å². The standard InChI is InChI=1S/C16H12ClF2N3S/c17-9-3-4-10-12(5-9)20-7-14(10)23-22-13-6-11(18)15(8-1-2-8)21-16(13)19/h3-8,20,22H,1-2H2. The van der Waals surface area contributed by atoms with E-state index in [2.05, 4.69) is 14.7 Å². The zero-order chi connectivity index (χ0) is 16.0. The summed E-state index contributed by atoms with van der Waals surface area (Å²) in [6.45, 7) is 0. The van der Waals surface area contributed by atoms with Gasteiger partial charge in [-0.3, -0.25) is 0 Å². The van der Waals surface area contributed by atoms with Crippen molar-refractivity contribution in [1.29, 1.82) is 0 Å². The topological polar surface area (TPSA) is 40.7 Å². The van der Waals surface area contributed by atoms with Gasteiger partial charge in [-0.25, -0.2) is 9.37 Å². The molecular weight excluding hydrogens is 340 g/mol. The Morgan fingerprint density at radius 1 is 1.26 bits per heavy atom. The quantitative estimate of drug-likeness (QED) is 0.482. The Labute approximate surface area is 140 Å². The summed E-state index contributed by atoms with van der Waals surface area (Å²) in [6.07, 6.45) is 3.55. The van der Waals surface area contributed by atoms with Crippen molar-refractivity contribution in [2.24, 2.45) is 0 Å². The number of aromatic amines is 1. The number of H-pyrrole nitrogens is 1. The third-order valence-electron chi connectivity index (χ3n) is 3.80. The zero-order valence-electron chi connectivity index (χ0n) is 11.9. The van der Waals surface area contributed by atoms with E-state index in [1.807, 2.05) is 12.1 Å². The van der Waals surface area contributed by atoms with Gasteiger partial charge in [-0.05, 0) is 36.9 Å². The van der Waals surface area contributed by atoms with Gasteiger partial charge in [-0.2, -0.15) is 4.39 Å². The molecule has 2 aromatic heterocycles. The first-order chi connectivity index (χ1) is 11.1. The number of benzene rings is 1. The monoisotopic (exact) mass is 351 g/mol. The number of pyridine rings is 1. The molecule has 0 radical (unpaired) electrons. The van der Waals surface area contributed by atoms with Crippen LogP contribution >= 0.6 is 23.5 Å². The van der Waals surface area contributed by atoms with Gasteiger partial charge in [-0.15, -0.1) is 0 Å². The Bertz CT molecular complexity index is 892. The summed E-state index contributed by atoms with van der Waals surface area (Å²) in [7, 11) is 0. The average molecular weight is 352 g/mol. The van der Waals surface area contributed by atoms with Crippen molar-refractivity contribution in [2.75, 3.05) is 4.72 Å². The molecule has 0 atom stereocenters. The van der Waals surface area contributed by atoms with E-state index in [1.165, 1.54) is 18.0 Å². The molecule has 3 nitrogen and oxygen atoms in total. The van der Waals surface area contributed by atoms with E-state index in [-0.39, 0.29) is 17.3 Å². The minimum atomic E-state index is -0.677. The molecule has 0 unspecified atom stereocenters. The van der Waals surface area contributed by atoms with Crippen molar-refractivity contribution in [3.8, 4) is 0 Å². The van der Waals surface area contributed by atoms with Crippen LogP contribution in [0.3, 0.4) is 0 Å². The van der Waals surface area contributed by atoms with E-state index in [0.717, 1.165) is 28.6 Å². The Morgan fingerprint density at radius 2 is 2.09 bits per heavy atom. The van der Waals surface area contributed by atoms with Crippen molar-refractivity contribution >= 4 is 40.1 Å². The van der Waals surface area contributed by atoms with Crippen molar-refractivity contribution in [1.82, 2.24) is 9.97 Å². The van der Waals surface area contributed by atoms with Crippen LogP contribution in [0.4, 0.5) is 14.5 Å². The van der Waals surface area contributed by atoms with Gasteiger partial charge >= 0.3 is 0 Å². The van der Waals surface area contributed by atoms with E-state index in [1.54, 1.807) is 12.3 Å². The molecule has 3 aromatic rings. The van der Waals surface area contributed by atoms with E-state index in [0.29, 0.717) is 5.02 Å². The molecule has 0 spiro atoms. The van der Waals surface area contributed by atoms with Crippen LogP contribution in [0.25, 0.3) is 10.9 Å². The van der Waals surface area contributed by atoms with Crippen LogP contribution in [0.5, 0.6) is 0 Å². The maximum Gasteiger partial charge on any atom is 0.237 e. The number of hydrogen-bond donors (Lipinski definition) is 2. The SMILES string of the molecule is Fc1cc(NSc2c[nH]c3cc(Cl)ccc23)c(F)nc1C1CC1. The van der Waals surface area contributed by atoms with Crippen molar-refractivity contribution in [2.45, 2.75) is 23.7 Å². The van der Waals surface area contributed by atoms with Crippen LogP contribution in [-0.2, 0) is 0 Å². The van der Waals surface area contributed by atoms with E-state index in [9.17, 15) is 8.78 Å². The number of aromatic nitrogens is 2. The number of halogens is 3. The first-order valence-corrected chi connectivity index (χ1v) is 8.36. The van der Waals surface area contributed by atoms with E-state index < -0.39 is 11.8 Å². The lowest BCUT2D eigenvalue weighted by Crippen LogP contribution is -2.01. The van der Waals surface area contributed by atoms with Crippen LogP contribution in [0, 0.1) is 11.8 Å². The minimum Gasteiger partial charge on any atom is -0.360 e. The zero-order valence-corrected chi connectivity index (χ0v) is 13.4. The summed E-state index contributed by atoms with van der Waals surface area (Å²) >= 11 is 7.14. The van der Waals surface area contributed by atoms with Gasteiger partial charge < -0.3 is 9.71 Å². The van der Waals surface area contributed by atoms with E-state index in [4.69, 9.17) is 11.6 Å². The number of anilines is 1. The fourth-order valence-electron chi connectivity index (χ4n) is 2.46. The fourth-order valence-corrected chi connectivity index (χ4v) is 3.40. The molecule has 1 aliphatic rings. The normalized spacial score (nSPS) is 14.4. The maximum atomic E-state index is 14.0. The lowest BCUT2D eigenvalue weighted by Gasteiger charge is -2.08. The highest BCUT2D eigenvalue weighted by Crippen LogP contribution is 2.41. The average Bonchev–Trinajstić information content (AvgIpc) is 3.29. The minimum absolute atomic E-state index is 0.0419. The second-order valence-electron chi connectivity index (χ2n) is 5.52. The molecule has 1 aromatic carbocycles. The van der Waals surface area contributed by atoms with Gasteiger partial charge in [0, 0.05) is 34.1 Å². The van der Waals surface area contributed by atoms with Crippen LogP contribution in [0.2, 0.25) is 5.02 Å². The van der Waals surface area contributed by atoms with Crippen LogP contribution < -0.4 is 4.72 Å². The first-order valence-electron chi connectivity index (χ1n) is 7.17. The van der Waals surface area contributed by atoms with Gasteiger partial charge in [-0.1, -0.05) is 17.7 Å². The maximum absolute atomic E-state index is 14.0. The third kappa shape index (κ3) is 2.88. The molecule has 0 aliphatic heterocycles. The van der Waals surface area contributed by atoms with Gasteiger partial charge in [0.15, 0.2) is 0 Å². The van der Waals surface area contributed by atoms with Crippen molar-refractivity contribution in [3.63, 3.8) is 0 Å². The highest BCUT2D eigenvalue weighted by atomic mass is 35.5. The second kappa shape index (κ2) is 5.69. The van der Waals surface area contributed by atoms with Gasteiger partial charge in [0.2, 0.25) is 5.95 Å². The van der Waals surface area contributed by atoms with E-state index >= 15 is 0 Å². The van der Waals surface area contributed by atoms with Crippen molar-refractivity contribution in [3.05, 3.63) is 52.9 Å². The van der Waals surface area contributed by atoms with Gasteiger partial charge in [0.05, 0.1) is 10.6 Å².